The van der Waals surface area contributed by atoms with Crippen molar-refractivity contribution in [1.29, 1.82) is 0 Å². The molecule has 0 aliphatic heterocycles. The van der Waals surface area contributed by atoms with Gasteiger partial charge in [0.15, 0.2) is 0 Å². The van der Waals surface area contributed by atoms with Crippen LogP contribution in [0, 0.1) is 0 Å². The Hall–Kier alpha value is 0.576. The van der Waals surface area contributed by atoms with Gasteiger partial charge in [-0.15, -0.1) is 0 Å². The van der Waals surface area contributed by atoms with E-state index in [0.717, 1.165) is 19.3 Å². The van der Waals surface area contributed by atoms with E-state index in [1.165, 1.54) is 78.1 Å². The molecule has 0 N–H and O–H groups in total. The van der Waals surface area contributed by atoms with E-state index in [2.05, 4.69) is 6.92 Å². The average Bonchev–Trinajstić information content (AvgIpc) is 2.51. The summed E-state index contributed by atoms with van der Waals surface area (Å²) >= 11 is 0. The molecule has 0 spiro atoms. The molecule has 0 aromatic heterocycles. The van der Waals surface area contributed by atoms with Crippen LogP contribution < -0.4 is 56.5 Å². The van der Waals surface area contributed by atoms with Crippen molar-refractivity contribution in [3.63, 3.8) is 0 Å². The van der Waals surface area contributed by atoms with Gasteiger partial charge in [-0.2, -0.15) is 0 Å². The number of ether oxygens (including phenoxy) is 1. The maximum atomic E-state index is 11.6. The maximum Gasteiger partial charge on any atom is 1.00 e. The molecule has 0 bridgehead atoms. The van der Waals surface area contributed by atoms with Crippen molar-refractivity contribution in [2.45, 2.75) is 116 Å². The van der Waals surface area contributed by atoms with Crippen LogP contribution in [-0.2, 0) is 14.3 Å². The van der Waals surface area contributed by atoms with Gasteiger partial charge < -0.3 is 14.6 Å². The first-order valence-corrected chi connectivity index (χ1v) is 9.83. The number of hydrogen-bond acceptors (Lipinski definition) is 4. The minimum absolute atomic E-state index is 0. The second-order valence-corrected chi connectivity index (χ2v) is 7.26. The van der Waals surface area contributed by atoms with Crippen LogP contribution in [-0.4, -0.2) is 17.5 Å². The van der Waals surface area contributed by atoms with Crippen molar-refractivity contribution < 1.29 is 70.8 Å². The Bertz CT molecular complexity index is 343. The van der Waals surface area contributed by atoms with E-state index in [4.69, 9.17) is 4.74 Å². The third kappa shape index (κ3) is 17.7. The molecule has 0 aromatic rings. The predicted octanol–water partition coefficient (Wildman–Crippen LogP) is 1.54. The van der Waals surface area contributed by atoms with Gasteiger partial charge in [0, 0.05) is 6.42 Å². The number of rotatable bonds is 16. The quantitative estimate of drug-likeness (QED) is 0.231. The fraction of sp³-hybridized carbons (Fsp3) is 0.900. The first kappa shape index (κ1) is 27.8. The van der Waals surface area contributed by atoms with Crippen molar-refractivity contribution in [3.05, 3.63) is 0 Å². The van der Waals surface area contributed by atoms with Crippen LogP contribution in [0.5, 0.6) is 0 Å². The van der Waals surface area contributed by atoms with E-state index >= 15 is 0 Å². The Kier molecular flexibility index (Phi) is 20.0. The minimum Gasteiger partial charge on any atom is -0.546 e. The number of carboxylic acid groups (broad SMARTS) is 1. The monoisotopic (exact) mass is 380 g/mol. The number of esters is 1. The fourth-order valence-electron chi connectivity index (χ4n) is 2.66. The van der Waals surface area contributed by atoms with Gasteiger partial charge in [0.05, 0.1) is 5.97 Å². The minimum atomic E-state index is -1.53. The maximum absolute atomic E-state index is 11.6. The number of carboxylic acids is 1. The van der Waals surface area contributed by atoms with Crippen LogP contribution >= 0.6 is 0 Å². The van der Waals surface area contributed by atoms with Gasteiger partial charge in [0.1, 0.15) is 5.60 Å². The van der Waals surface area contributed by atoms with Crippen LogP contribution in [0.25, 0.3) is 0 Å². The molecule has 4 nitrogen and oxygen atoms in total. The summed E-state index contributed by atoms with van der Waals surface area (Å²) in [5, 5.41) is 10.8. The van der Waals surface area contributed by atoms with Crippen molar-refractivity contribution >= 4 is 11.9 Å². The smallest absolute Gasteiger partial charge is 0.546 e. The molecular formula is C20H37KO4. The largest absolute Gasteiger partial charge is 1.00 e. The van der Waals surface area contributed by atoms with E-state index in [0.29, 0.717) is 0 Å². The molecule has 25 heavy (non-hydrogen) atoms. The topological polar surface area (TPSA) is 66.4 Å². The van der Waals surface area contributed by atoms with Crippen LogP contribution in [0.4, 0.5) is 0 Å². The number of hydrogen-bond donors (Lipinski definition) is 0. The SMILES string of the molecule is CCCCCCCCCCCCCCCC(=O)OC(C)(C)C(=O)[O-].[K+]. The van der Waals surface area contributed by atoms with E-state index in [1.54, 1.807) is 0 Å². The zero-order valence-electron chi connectivity index (χ0n) is 17.0. The first-order valence-electron chi connectivity index (χ1n) is 9.83. The third-order valence-corrected chi connectivity index (χ3v) is 4.35. The van der Waals surface area contributed by atoms with Crippen molar-refractivity contribution in [3.8, 4) is 0 Å². The molecule has 0 heterocycles. The molecular weight excluding hydrogens is 343 g/mol. The van der Waals surface area contributed by atoms with E-state index < -0.39 is 17.5 Å². The van der Waals surface area contributed by atoms with Crippen LogP contribution in [0.3, 0.4) is 0 Å². The molecule has 0 fully saturated rings. The summed E-state index contributed by atoms with van der Waals surface area (Å²) in [7, 11) is 0. The molecule has 0 aromatic carbocycles. The van der Waals surface area contributed by atoms with Gasteiger partial charge >= 0.3 is 57.4 Å². The van der Waals surface area contributed by atoms with Crippen molar-refractivity contribution in [1.82, 2.24) is 0 Å². The summed E-state index contributed by atoms with van der Waals surface area (Å²) in [6.45, 7) is 4.92. The average molecular weight is 381 g/mol. The summed E-state index contributed by atoms with van der Waals surface area (Å²) in [4.78, 5) is 22.3. The number of carbonyl (C=O) groups is 2. The fourth-order valence-corrected chi connectivity index (χ4v) is 2.66. The van der Waals surface area contributed by atoms with Gasteiger partial charge in [-0.1, -0.05) is 84.0 Å². The van der Waals surface area contributed by atoms with E-state index in [1.807, 2.05) is 0 Å². The Labute approximate surface area is 197 Å². The first-order chi connectivity index (χ1) is 11.4. The van der Waals surface area contributed by atoms with Crippen molar-refractivity contribution in [2.24, 2.45) is 0 Å². The van der Waals surface area contributed by atoms with E-state index in [-0.39, 0.29) is 57.8 Å². The van der Waals surface area contributed by atoms with Gasteiger partial charge in [0.25, 0.3) is 0 Å². The van der Waals surface area contributed by atoms with Crippen molar-refractivity contribution in [2.75, 3.05) is 0 Å². The number of aliphatic carboxylic acids is 1. The molecule has 5 heteroatoms. The molecule has 0 saturated carbocycles. The summed E-state index contributed by atoms with van der Waals surface area (Å²) in [6, 6.07) is 0. The van der Waals surface area contributed by atoms with Gasteiger partial charge in [-0.3, -0.25) is 4.79 Å². The number of carbonyl (C=O) groups excluding carboxylic acids is 2. The molecule has 0 amide bonds. The normalized spacial score (nSPS) is 11.0. The number of unbranched alkanes of at least 4 members (excludes halogenated alkanes) is 12. The second kappa shape index (κ2) is 18.0. The molecule has 0 radical (unpaired) electrons. The Balaban J connectivity index is 0. The van der Waals surface area contributed by atoms with Crippen LogP contribution in [0.2, 0.25) is 0 Å². The molecule has 0 aliphatic rings. The third-order valence-electron chi connectivity index (χ3n) is 4.35. The van der Waals surface area contributed by atoms with Gasteiger partial charge in [-0.05, 0) is 20.3 Å². The molecule has 0 atom stereocenters. The zero-order chi connectivity index (χ0) is 18.3. The standard InChI is InChI=1S/C20H38O4.K/c1-4-5-6-7-8-9-10-11-12-13-14-15-16-17-18(21)24-20(2,3)19(22)23;/h4-17H2,1-3H3,(H,22,23);/q;+1/p-1. The summed E-state index contributed by atoms with van der Waals surface area (Å²) < 4.78 is 4.91. The van der Waals surface area contributed by atoms with E-state index in [9.17, 15) is 14.7 Å². The molecule has 0 saturated heterocycles. The second-order valence-electron chi connectivity index (χ2n) is 7.26. The molecule has 0 aliphatic carbocycles. The molecule has 0 rings (SSSR count). The molecule has 142 valence electrons. The van der Waals surface area contributed by atoms with Crippen LogP contribution in [0.1, 0.15) is 111 Å². The van der Waals surface area contributed by atoms with Crippen LogP contribution in [0.15, 0.2) is 0 Å². The Morgan fingerprint density at radius 3 is 1.48 bits per heavy atom. The summed E-state index contributed by atoms with van der Waals surface area (Å²) in [6.07, 6.45) is 16.5. The Morgan fingerprint density at radius 1 is 0.760 bits per heavy atom. The van der Waals surface area contributed by atoms with Gasteiger partial charge in [-0.25, -0.2) is 0 Å². The Morgan fingerprint density at radius 2 is 1.12 bits per heavy atom. The summed E-state index contributed by atoms with van der Waals surface area (Å²) in [5.74, 6) is -1.81. The summed E-state index contributed by atoms with van der Waals surface area (Å²) in [5.41, 5.74) is -1.53. The van der Waals surface area contributed by atoms with Gasteiger partial charge in [0.2, 0.25) is 0 Å². The molecule has 0 unspecified atom stereocenters. The zero-order valence-corrected chi connectivity index (χ0v) is 20.2. The predicted molar refractivity (Wildman–Crippen MR) is 95.5 cm³/mol.